The van der Waals surface area contributed by atoms with Gasteiger partial charge in [-0.1, -0.05) is 20.8 Å². The first-order valence-corrected chi connectivity index (χ1v) is 6.56. The lowest BCUT2D eigenvalue weighted by Gasteiger charge is -2.36. The molecule has 0 aromatic heterocycles. The summed E-state index contributed by atoms with van der Waals surface area (Å²) in [6, 6.07) is 0. The Hall–Kier alpha value is -0.610. The van der Waals surface area contributed by atoms with Crippen LogP contribution in [0.25, 0.3) is 0 Å². The second-order valence-electron chi connectivity index (χ2n) is 5.82. The van der Waals surface area contributed by atoms with E-state index in [-0.39, 0.29) is 11.4 Å². The van der Waals surface area contributed by atoms with Crippen molar-refractivity contribution in [3.05, 3.63) is 0 Å². The molecule has 0 atom stereocenters. The van der Waals surface area contributed by atoms with Gasteiger partial charge in [0, 0.05) is 6.61 Å². The van der Waals surface area contributed by atoms with Crippen LogP contribution in [0.5, 0.6) is 0 Å². The minimum atomic E-state index is -0.502. The van der Waals surface area contributed by atoms with Crippen LogP contribution in [0.1, 0.15) is 41.5 Å². The van der Waals surface area contributed by atoms with Crippen LogP contribution in [0, 0.1) is 10.8 Å². The third-order valence-electron chi connectivity index (χ3n) is 3.42. The summed E-state index contributed by atoms with van der Waals surface area (Å²) in [7, 11) is 0. The zero-order valence-electron chi connectivity index (χ0n) is 12.7. The number of hydrogen-bond donors (Lipinski definition) is 0. The van der Waals surface area contributed by atoms with Gasteiger partial charge in [-0.3, -0.25) is 4.79 Å². The molecule has 0 saturated heterocycles. The Bertz CT molecular complexity index is 241. The van der Waals surface area contributed by atoms with Crippen LogP contribution in [-0.2, 0) is 19.0 Å². The molecule has 0 heterocycles. The summed E-state index contributed by atoms with van der Waals surface area (Å²) in [4.78, 5) is 11.9. The van der Waals surface area contributed by atoms with Crippen molar-refractivity contribution in [3.63, 3.8) is 0 Å². The lowest BCUT2D eigenvalue weighted by Crippen LogP contribution is -2.39. The van der Waals surface area contributed by atoms with Crippen molar-refractivity contribution in [1.29, 1.82) is 0 Å². The van der Waals surface area contributed by atoms with Gasteiger partial charge in [-0.05, 0) is 26.2 Å². The lowest BCUT2D eigenvalue weighted by atomic mass is 9.69. The van der Waals surface area contributed by atoms with E-state index in [1.807, 2.05) is 41.5 Å². The van der Waals surface area contributed by atoms with E-state index in [2.05, 4.69) is 0 Å². The average molecular weight is 260 g/mol. The maximum atomic E-state index is 11.9. The molecule has 0 aliphatic rings. The average Bonchev–Trinajstić information content (AvgIpc) is 2.26. The molecule has 108 valence electrons. The van der Waals surface area contributed by atoms with E-state index in [4.69, 9.17) is 14.2 Å². The van der Waals surface area contributed by atoms with Crippen molar-refractivity contribution in [2.24, 2.45) is 10.8 Å². The van der Waals surface area contributed by atoms with Crippen molar-refractivity contribution in [3.8, 4) is 0 Å². The summed E-state index contributed by atoms with van der Waals surface area (Å²) in [5, 5.41) is 0. The summed E-state index contributed by atoms with van der Waals surface area (Å²) in [6.45, 7) is 14.4. The van der Waals surface area contributed by atoms with Gasteiger partial charge in [0.25, 0.3) is 0 Å². The van der Waals surface area contributed by atoms with Crippen molar-refractivity contribution >= 4 is 5.97 Å². The van der Waals surface area contributed by atoms with E-state index in [9.17, 15) is 4.79 Å². The molecule has 0 spiro atoms. The van der Waals surface area contributed by atoms with Gasteiger partial charge in [0.15, 0.2) is 0 Å². The molecule has 0 fully saturated rings. The highest BCUT2D eigenvalue weighted by Crippen LogP contribution is 2.38. The maximum Gasteiger partial charge on any atom is 0.312 e. The molecule has 0 saturated carbocycles. The monoisotopic (exact) mass is 260 g/mol. The first kappa shape index (κ1) is 17.4. The Morgan fingerprint density at radius 1 is 0.889 bits per heavy atom. The molecule has 0 radical (unpaired) electrons. The summed E-state index contributed by atoms with van der Waals surface area (Å²) >= 11 is 0. The summed E-state index contributed by atoms with van der Waals surface area (Å²) in [6.07, 6.45) is 0. The topological polar surface area (TPSA) is 44.8 Å². The Balaban J connectivity index is 3.78. The molecule has 0 N–H and O–H groups in total. The van der Waals surface area contributed by atoms with Gasteiger partial charge in [0.2, 0.25) is 0 Å². The van der Waals surface area contributed by atoms with E-state index in [0.717, 1.165) is 0 Å². The van der Waals surface area contributed by atoms with Crippen LogP contribution >= 0.6 is 0 Å². The molecule has 0 aliphatic heterocycles. The number of ether oxygens (including phenoxy) is 3. The molecule has 0 amide bonds. The number of esters is 1. The molecule has 18 heavy (non-hydrogen) atoms. The minimum Gasteiger partial charge on any atom is -0.463 e. The first-order chi connectivity index (χ1) is 8.23. The minimum absolute atomic E-state index is 0.125. The fourth-order valence-electron chi connectivity index (χ4n) is 1.04. The van der Waals surface area contributed by atoms with Gasteiger partial charge in [0.1, 0.15) is 6.61 Å². The van der Waals surface area contributed by atoms with Gasteiger partial charge in [-0.25, -0.2) is 0 Å². The number of rotatable bonds is 8. The highest BCUT2D eigenvalue weighted by atomic mass is 16.6. The van der Waals surface area contributed by atoms with Gasteiger partial charge in [-0.2, -0.15) is 0 Å². The Labute approximate surface area is 111 Å². The Morgan fingerprint density at radius 2 is 1.39 bits per heavy atom. The van der Waals surface area contributed by atoms with Crippen LogP contribution in [0.15, 0.2) is 0 Å². The SMILES string of the molecule is CCOCCOCCOC(=O)C(C)(C)C(C)(C)C. The highest BCUT2D eigenvalue weighted by Gasteiger charge is 2.41. The lowest BCUT2D eigenvalue weighted by molar-refractivity contribution is -0.161. The first-order valence-electron chi connectivity index (χ1n) is 6.56. The standard InChI is InChI=1S/C14H28O4/c1-7-16-8-9-17-10-11-18-12(15)14(5,6)13(2,3)4/h7-11H2,1-6H3. The van der Waals surface area contributed by atoms with Crippen LogP contribution in [0.2, 0.25) is 0 Å². The molecule has 0 rings (SSSR count). The third kappa shape index (κ3) is 5.83. The quantitative estimate of drug-likeness (QED) is 0.497. The van der Waals surface area contributed by atoms with Crippen molar-refractivity contribution in [2.75, 3.05) is 33.0 Å². The zero-order chi connectivity index (χ0) is 14.2. The van der Waals surface area contributed by atoms with Crippen LogP contribution in [0.4, 0.5) is 0 Å². The van der Waals surface area contributed by atoms with Crippen LogP contribution in [0.3, 0.4) is 0 Å². The van der Waals surface area contributed by atoms with E-state index >= 15 is 0 Å². The van der Waals surface area contributed by atoms with E-state index in [1.165, 1.54) is 0 Å². The van der Waals surface area contributed by atoms with E-state index in [0.29, 0.717) is 33.0 Å². The molecule has 0 unspecified atom stereocenters. The molecule has 0 bridgehead atoms. The van der Waals surface area contributed by atoms with E-state index < -0.39 is 5.41 Å². The fraction of sp³-hybridized carbons (Fsp3) is 0.929. The highest BCUT2D eigenvalue weighted by molar-refractivity contribution is 5.76. The molecule has 0 aromatic rings. The largest absolute Gasteiger partial charge is 0.463 e. The van der Waals surface area contributed by atoms with Gasteiger partial charge in [0.05, 0.1) is 25.2 Å². The predicted octanol–water partition coefficient (Wildman–Crippen LogP) is 2.66. The predicted molar refractivity (Wildman–Crippen MR) is 71.5 cm³/mol. The van der Waals surface area contributed by atoms with Crippen molar-refractivity contribution < 1.29 is 19.0 Å². The van der Waals surface area contributed by atoms with Gasteiger partial charge < -0.3 is 14.2 Å². The van der Waals surface area contributed by atoms with E-state index in [1.54, 1.807) is 0 Å². The Morgan fingerprint density at radius 3 is 1.89 bits per heavy atom. The molecule has 0 aliphatic carbocycles. The van der Waals surface area contributed by atoms with Crippen molar-refractivity contribution in [1.82, 2.24) is 0 Å². The number of hydrogen-bond acceptors (Lipinski definition) is 4. The third-order valence-corrected chi connectivity index (χ3v) is 3.42. The smallest absolute Gasteiger partial charge is 0.312 e. The molecule has 0 aromatic carbocycles. The van der Waals surface area contributed by atoms with Crippen LogP contribution in [-0.4, -0.2) is 39.0 Å². The normalized spacial score (nSPS) is 12.6. The Kier molecular flexibility index (Phi) is 7.48. The maximum absolute atomic E-state index is 11.9. The number of carbonyl (C=O) groups is 1. The summed E-state index contributed by atoms with van der Waals surface area (Å²) in [5.74, 6) is -0.177. The number of carbonyl (C=O) groups excluding carboxylic acids is 1. The van der Waals surface area contributed by atoms with Gasteiger partial charge in [-0.15, -0.1) is 0 Å². The fourth-order valence-corrected chi connectivity index (χ4v) is 1.04. The summed E-state index contributed by atoms with van der Waals surface area (Å²) in [5.41, 5.74) is -0.627. The molecule has 4 nitrogen and oxygen atoms in total. The second kappa shape index (κ2) is 7.74. The van der Waals surface area contributed by atoms with Crippen molar-refractivity contribution in [2.45, 2.75) is 41.5 Å². The van der Waals surface area contributed by atoms with Gasteiger partial charge >= 0.3 is 5.97 Å². The summed E-state index contributed by atoms with van der Waals surface area (Å²) < 4.78 is 15.6. The zero-order valence-corrected chi connectivity index (χ0v) is 12.7. The molecule has 4 heteroatoms. The molecular weight excluding hydrogens is 232 g/mol. The van der Waals surface area contributed by atoms with Crippen LogP contribution < -0.4 is 0 Å². The second-order valence-corrected chi connectivity index (χ2v) is 5.82. The molecular formula is C14H28O4.